The Morgan fingerprint density at radius 2 is 1.96 bits per heavy atom. The fourth-order valence-corrected chi connectivity index (χ4v) is 2.49. The van der Waals surface area contributed by atoms with E-state index in [1.165, 1.54) is 18.2 Å². The predicted molar refractivity (Wildman–Crippen MR) is 108 cm³/mol. The van der Waals surface area contributed by atoms with Gasteiger partial charge in [0.1, 0.15) is 0 Å². The van der Waals surface area contributed by atoms with Crippen molar-refractivity contribution in [3.05, 3.63) is 24.3 Å². The van der Waals surface area contributed by atoms with Crippen molar-refractivity contribution >= 4 is 35.6 Å². The lowest BCUT2D eigenvalue weighted by atomic mass is 10.0. The second kappa shape index (κ2) is 12.2. The summed E-state index contributed by atoms with van der Waals surface area (Å²) < 4.78 is 52.0. The van der Waals surface area contributed by atoms with E-state index >= 15 is 0 Å². The molecule has 0 radical (unpaired) electrons. The van der Waals surface area contributed by atoms with E-state index in [0.717, 1.165) is 26.1 Å². The maximum absolute atomic E-state index is 12.4. The maximum Gasteiger partial charge on any atom is 0.573 e. The van der Waals surface area contributed by atoms with E-state index in [4.69, 9.17) is 15.2 Å². The second-order valence-electron chi connectivity index (χ2n) is 5.92. The number of rotatable bonds is 8. The van der Waals surface area contributed by atoms with Crippen LogP contribution in [0, 0.1) is 5.92 Å². The lowest BCUT2D eigenvalue weighted by Crippen LogP contribution is -2.25. The Labute approximate surface area is 173 Å². The van der Waals surface area contributed by atoms with Crippen molar-refractivity contribution in [2.24, 2.45) is 16.6 Å². The minimum atomic E-state index is -4.77. The number of nitrogens with two attached hydrogens (primary N) is 1. The highest BCUT2D eigenvalue weighted by Crippen LogP contribution is 2.29. The maximum atomic E-state index is 12.4. The van der Waals surface area contributed by atoms with Crippen LogP contribution in [0.25, 0.3) is 0 Å². The van der Waals surface area contributed by atoms with Gasteiger partial charge in [-0.1, -0.05) is 12.1 Å². The molecule has 1 aromatic rings. The van der Waals surface area contributed by atoms with Gasteiger partial charge in [0, 0.05) is 33.0 Å². The van der Waals surface area contributed by atoms with E-state index in [2.05, 4.69) is 15.0 Å². The fourth-order valence-electron chi connectivity index (χ4n) is 2.49. The summed E-state index contributed by atoms with van der Waals surface area (Å²) in [5.74, 6) is 0.203. The SMILES string of the molecule is I.NC(=NCCCOCC1CCOCC1)Nc1ccccc1OC(F)(F)F. The van der Waals surface area contributed by atoms with Crippen LogP contribution in [0.2, 0.25) is 0 Å². The summed E-state index contributed by atoms with van der Waals surface area (Å²) in [5.41, 5.74) is 5.82. The number of hydrogen-bond donors (Lipinski definition) is 2. The molecule has 1 fully saturated rings. The van der Waals surface area contributed by atoms with E-state index in [9.17, 15) is 13.2 Å². The third-order valence-electron chi connectivity index (χ3n) is 3.80. The van der Waals surface area contributed by atoms with Gasteiger partial charge in [-0.2, -0.15) is 0 Å². The molecule has 0 amide bonds. The molecule has 10 heteroatoms. The molecule has 2 rings (SSSR count). The summed E-state index contributed by atoms with van der Waals surface area (Å²) in [6.07, 6.45) is -2.05. The Morgan fingerprint density at radius 3 is 2.67 bits per heavy atom. The van der Waals surface area contributed by atoms with E-state index in [1.54, 1.807) is 6.07 Å². The van der Waals surface area contributed by atoms with Crippen molar-refractivity contribution in [1.82, 2.24) is 0 Å². The van der Waals surface area contributed by atoms with Gasteiger partial charge in [0.15, 0.2) is 11.7 Å². The van der Waals surface area contributed by atoms with Gasteiger partial charge in [-0.3, -0.25) is 4.99 Å². The number of hydrogen-bond acceptors (Lipinski definition) is 4. The highest BCUT2D eigenvalue weighted by atomic mass is 127. The number of anilines is 1. The summed E-state index contributed by atoms with van der Waals surface area (Å²) >= 11 is 0. The number of aliphatic imine (C=N–C) groups is 1. The lowest BCUT2D eigenvalue weighted by Gasteiger charge is -2.21. The molecule has 1 aliphatic heterocycles. The number of nitrogens with one attached hydrogen (secondary N) is 1. The van der Waals surface area contributed by atoms with Crippen LogP contribution >= 0.6 is 24.0 Å². The summed E-state index contributed by atoms with van der Waals surface area (Å²) in [4.78, 5) is 4.09. The first-order chi connectivity index (χ1) is 12.4. The number of ether oxygens (including phenoxy) is 3. The predicted octanol–water partition coefficient (Wildman–Crippen LogP) is 3.76. The van der Waals surface area contributed by atoms with Gasteiger partial charge < -0.3 is 25.3 Å². The van der Waals surface area contributed by atoms with Gasteiger partial charge in [-0.05, 0) is 37.3 Å². The summed E-state index contributed by atoms with van der Waals surface area (Å²) in [6, 6.07) is 5.64. The first-order valence-electron chi connectivity index (χ1n) is 8.51. The molecule has 0 atom stereocenters. The Bertz CT molecular complexity index is 582. The average Bonchev–Trinajstić information content (AvgIpc) is 2.59. The first-order valence-corrected chi connectivity index (χ1v) is 8.51. The Balaban J connectivity index is 0.00000364. The summed E-state index contributed by atoms with van der Waals surface area (Å²) in [6.45, 7) is 3.26. The van der Waals surface area contributed by atoms with Crippen molar-refractivity contribution in [2.75, 3.05) is 38.3 Å². The van der Waals surface area contributed by atoms with Gasteiger partial charge in [0.25, 0.3) is 0 Å². The molecule has 0 unspecified atom stereocenters. The van der Waals surface area contributed by atoms with E-state index in [0.29, 0.717) is 32.1 Å². The minimum absolute atomic E-state index is 0. The van der Waals surface area contributed by atoms with Crippen LogP contribution in [0.3, 0.4) is 0 Å². The standard InChI is InChI=1S/C17H24F3N3O3.HI/c18-17(19,20)26-15-5-2-1-4-14(15)23-16(21)22-8-3-9-25-12-13-6-10-24-11-7-13;/h1-2,4-5,13H,3,6-12H2,(H3,21,22,23);1H. The molecule has 0 saturated carbocycles. The first kappa shape index (κ1) is 23.8. The number of halogens is 4. The van der Waals surface area contributed by atoms with Crippen molar-refractivity contribution in [3.8, 4) is 5.75 Å². The van der Waals surface area contributed by atoms with Crippen LogP contribution in [0.5, 0.6) is 5.75 Å². The lowest BCUT2D eigenvalue weighted by molar-refractivity contribution is -0.274. The molecule has 0 spiro atoms. The molecule has 0 aromatic heterocycles. The smallest absolute Gasteiger partial charge is 0.404 e. The molecule has 27 heavy (non-hydrogen) atoms. The van der Waals surface area contributed by atoms with Gasteiger partial charge in [0.05, 0.1) is 5.69 Å². The monoisotopic (exact) mass is 503 g/mol. The Morgan fingerprint density at radius 1 is 1.26 bits per heavy atom. The van der Waals surface area contributed by atoms with Crippen LogP contribution in [0.1, 0.15) is 19.3 Å². The number of para-hydroxylation sites is 2. The largest absolute Gasteiger partial charge is 0.573 e. The average molecular weight is 503 g/mol. The molecule has 1 saturated heterocycles. The minimum Gasteiger partial charge on any atom is -0.404 e. The van der Waals surface area contributed by atoms with Crippen molar-refractivity contribution in [2.45, 2.75) is 25.6 Å². The second-order valence-corrected chi connectivity index (χ2v) is 5.92. The molecule has 1 heterocycles. The molecule has 0 aliphatic carbocycles. The van der Waals surface area contributed by atoms with E-state index in [1.807, 2.05) is 0 Å². The van der Waals surface area contributed by atoms with Crippen molar-refractivity contribution in [1.29, 1.82) is 0 Å². The molecule has 1 aromatic carbocycles. The van der Waals surface area contributed by atoms with Crippen LogP contribution in [-0.4, -0.2) is 45.3 Å². The molecule has 6 nitrogen and oxygen atoms in total. The Hall–Kier alpha value is -1.27. The third kappa shape index (κ3) is 10.0. The molecular formula is C17H25F3IN3O3. The zero-order valence-electron chi connectivity index (χ0n) is 14.8. The van der Waals surface area contributed by atoms with Gasteiger partial charge in [-0.15, -0.1) is 37.1 Å². The van der Waals surface area contributed by atoms with Gasteiger partial charge >= 0.3 is 6.36 Å². The summed E-state index contributed by atoms with van der Waals surface area (Å²) in [5, 5.41) is 2.62. The zero-order valence-corrected chi connectivity index (χ0v) is 17.2. The highest BCUT2D eigenvalue weighted by Gasteiger charge is 2.32. The third-order valence-corrected chi connectivity index (χ3v) is 3.80. The van der Waals surface area contributed by atoms with Crippen LogP contribution in [0.4, 0.5) is 18.9 Å². The molecule has 154 valence electrons. The Kier molecular flexibility index (Phi) is 10.8. The van der Waals surface area contributed by atoms with Gasteiger partial charge in [-0.25, -0.2) is 0 Å². The molecule has 1 aliphatic rings. The highest BCUT2D eigenvalue weighted by molar-refractivity contribution is 14.0. The van der Waals surface area contributed by atoms with Gasteiger partial charge in [0.2, 0.25) is 0 Å². The quantitative estimate of drug-likeness (QED) is 0.245. The topological polar surface area (TPSA) is 78.1 Å². The van der Waals surface area contributed by atoms with Crippen LogP contribution < -0.4 is 15.8 Å². The van der Waals surface area contributed by atoms with Crippen LogP contribution in [0.15, 0.2) is 29.3 Å². The van der Waals surface area contributed by atoms with E-state index < -0.39 is 6.36 Å². The molecule has 0 bridgehead atoms. The number of alkyl halides is 3. The number of guanidine groups is 1. The molecular weight excluding hydrogens is 478 g/mol. The molecule has 3 N–H and O–H groups in total. The van der Waals surface area contributed by atoms with E-state index in [-0.39, 0.29) is 41.4 Å². The van der Waals surface area contributed by atoms with Crippen molar-refractivity contribution in [3.63, 3.8) is 0 Å². The number of benzene rings is 1. The van der Waals surface area contributed by atoms with Crippen molar-refractivity contribution < 1.29 is 27.4 Å². The summed E-state index contributed by atoms with van der Waals surface area (Å²) in [7, 11) is 0. The number of nitrogens with zero attached hydrogens (tertiary/aromatic N) is 1. The zero-order chi connectivity index (χ0) is 18.8. The normalized spacial score (nSPS) is 15.9. The van der Waals surface area contributed by atoms with Crippen LogP contribution in [-0.2, 0) is 9.47 Å². The fraction of sp³-hybridized carbons (Fsp3) is 0.588.